The van der Waals surface area contributed by atoms with E-state index in [0.717, 1.165) is 0 Å². The predicted molar refractivity (Wildman–Crippen MR) is 54.1 cm³/mol. The van der Waals surface area contributed by atoms with Gasteiger partial charge in [-0.25, -0.2) is 8.78 Å². The van der Waals surface area contributed by atoms with E-state index in [1.165, 1.54) is 25.3 Å². The van der Waals surface area contributed by atoms with Crippen LogP contribution in [0, 0.1) is 10.1 Å². The number of hydrogen-bond acceptors (Lipinski definition) is 4. The number of nitrogens with zero attached hydrogens (tertiary/aromatic N) is 1. The van der Waals surface area contributed by atoms with E-state index in [1.54, 1.807) is 0 Å². The molecule has 0 radical (unpaired) electrons. The zero-order chi connectivity index (χ0) is 12.1. The number of halogens is 2. The Labute approximate surface area is 90.2 Å². The van der Waals surface area contributed by atoms with Crippen molar-refractivity contribution in [1.82, 2.24) is 0 Å². The molecule has 0 spiro atoms. The largest absolute Gasteiger partial charge is 0.490 e. The fraction of sp³-hybridized carbons (Fsp3) is 0.333. The lowest BCUT2D eigenvalue weighted by Gasteiger charge is -2.07. The van der Waals surface area contributed by atoms with E-state index in [1.807, 2.05) is 0 Å². The average Bonchev–Trinajstić information content (AvgIpc) is 2.25. The van der Waals surface area contributed by atoms with Gasteiger partial charge in [-0.3, -0.25) is 10.1 Å². The zero-order valence-electron chi connectivity index (χ0n) is 8.44. The van der Waals surface area contributed by atoms with Crippen LogP contribution in [0.2, 0.25) is 0 Å². The van der Waals surface area contributed by atoms with E-state index in [-0.39, 0.29) is 11.4 Å². The molecular weight excluding hydrogens is 222 g/mol. The third-order valence-corrected chi connectivity index (χ3v) is 1.84. The SMILES string of the molecule is COc1cc(NCC(F)F)ccc1[N+](=O)[O-]. The Bertz CT molecular complexity index is 385. The van der Waals surface area contributed by atoms with Crippen molar-refractivity contribution >= 4 is 11.4 Å². The van der Waals surface area contributed by atoms with Crippen molar-refractivity contribution in [2.24, 2.45) is 0 Å². The maximum absolute atomic E-state index is 11.9. The van der Waals surface area contributed by atoms with Crippen LogP contribution in [0.15, 0.2) is 18.2 Å². The van der Waals surface area contributed by atoms with Crippen molar-refractivity contribution in [3.63, 3.8) is 0 Å². The number of nitro groups is 1. The molecule has 0 heterocycles. The quantitative estimate of drug-likeness (QED) is 0.624. The summed E-state index contributed by atoms with van der Waals surface area (Å²) in [5.74, 6) is 0.0317. The third-order valence-electron chi connectivity index (χ3n) is 1.84. The Hall–Kier alpha value is -1.92. The first-order chi connectivity index (χ1) is 7.54. The summed E-state index contributed by atoms with van der Waals surface area (Å²) in [5.41, 5.74) is 0.146. The van der Waals surface area contributed by atoms with E-state index < -0.39 is 17.9 Å². The summed E-state index contributed by atoms with van der Waals surface area (Å²) >= 11 is 0. The van der Waals surface area contributed by atoms with Gasteiger partial charge in [-0.15, -0.1) is 0 Å². The van der Waals surface area contributed by atoms with Crippen LogP contribution in [-0.2, 0) is 0 Å². The second-order valence-corrected chi connectivity index (χ2v) is 2.92. The van der Waals surface area contributed by atoms with Crippen LogP contribution in [-0.4, -0.2) is 25.0 Å². The highest BCUT2D eigenvalue weighted by atomic mass is 19.3. The summed E-state index contributed by atoms with van der Waals surface area (Å²) < 4.78 is 28.6. The highest BCUT2D eigenvalue weighted by molar-refractivity contribution is 5.57. The zero-order valence-corrected chi connectivity index (χ0v) is 8.44. The van der Waals surface area contributed by atoms with Crippen LogP contribution in [0.4, 0.5) is 20.2 Å². The molecule has 0 aliphatic heterocycles. The molecule has 1 aromatic rings. The van der Waals surface area contributed by atoms with Crippen LogP contribution in [0.3, 0.4) is 0 Å². The molecule has 7 heteroatoms. The van der Waals surface area contributed by atoms with Crippen molar-refractivity contribution in [3.05, 3.63) is 28.3 Å². The normalized spacial score (nSPS) is 10.2. The van der Waals surface area contributed by atoms with Gasteiger partial charge in [-0.05, 0) is 6.07 Å². The fourth-order valence-corrected chi connectivity index (χ4v) is 1.13. The lowest BCUT2D eigenvalue weighted by atomic mass is 10.2. The molecule has 0 amide bonds. The summed E-state index contributed by atoms with van der Waals surface area (Å²) in [6.07, 6.45) is -2.49. The number of methoxy groups -OCH3 is 1. The predicted octanol–water partition coefficient (Wildman–Crippen LogP) is 2.28. The molecule has 0 fully saturated rings. The first kappa shape index (κ1) is 12.2. The number of rotatable bonds is 5. The molecular formula is C9H10F2N2O3. The Morgan fingerprint density at radius 3 is 2.75 bits per heavy atom. The Morgan fingerprint density at radius 1 is 1.56 bits per heavy atom. The van der Waals surface area contributed by atoms with Crippen LogP contribution in [0.5, 0.6) is 5.75 Å². The van der Waals surface area contributed by atoms with Crippen LogP contribution < -0.4 is 10.1 Å². The topological polar surface area (TPSA) is 64.4 Å². The second-order valence-electron chi connectivity index (χ2n) is 2.92. The van der Waals surface area contributed by atoms with Gasteiger partial charge in [0.05, 0.1) is 18.6 Å². The lowest BCUT2D eigenvalue weighted by molar-refractivity contribution is -0.385. The molecule has 5 nitrogen and oxygen atoms in total. The van der Waals surface area contributed by atoms with Gasteiger partial charge >= 0.3 is 5.69 Å². The molecule has 1 rings (SSSR count). The van der Waals surface area contributed by atoms with Gasteiger partial charge in [0.1, 0.15) is 0 Å². The Morgan fingerprint density at radius 2 is 2.25 bits per heavy atom. The van der Waals surface area contributed by atoms with E-state index in [0.29, 0.717) is 5.69 Å². The van der Waals surface area contributed by atoms with Gasteiger partial charge in [0.15, 0.2) is 5.75 Å². The molecule has 16 heavy (non-hydrogen) atoms. The number of nitro benzene ring substituents is 1. The average molecular weight is 232 g/mol. The molecule has 0 saturated heterocycles. The number of anilines is 1. The first-order valence-corrected chi connectivity index (χ1v) is 4.39. The Kier molecular flexibility index (Phi) is 3.98. The highest BCUT2D eigenvalue weighted by Crippen LogP contribution is 2.29. The molecule has 1 N–H and O–H groups in total. The fourth-order valence-electron chi connectivity index (χ4n) is 1.13. The van der Waals surface area contributed by atoms with Crippen molar-refractivity contribution in [2.45, 2.75) is 6.43 Å². The number of nitrogens with one attached hydrogen (secondary N) is 1. The standard InChI is InChI=1S/C9H10F2N2O3/c1-16-8-4-6(12-5-9(10)11)2-3-7(8)13(14)15/h2-4,9,12H,5H2,1H3. The molecule has 0 unspecified atom stereocenters. The molecule has 0 aliphatic rings. The molecule has 0 aliphatic carbocycles. The van der Waals surface area contributed by atoms with E-state index >= 15 is 0 Å². The number of alkyl halides is 2. The summed E-state index contributed by atoms with van der Waals surface area (Å²) in [6.45, 7) is -0.513. The second kappa shape index (κ2) is 5.24. The maximum Gasteiger partial charge on any atom is 0.311 e. The minimum atomic E-state index is -2.49. The molecule has 1 aromatic carbocycles. The van der Waals surface area contributed by atoms with Gasteiger partial charge in [-0.2, -0.15) is 0 Å². The van der Waals surface area contributed by atoms with Gasteiger partial charge in [0.25, 0.3) is 6.43 Å². The van der Waals surface area contributed by atoms with E-state index in [4.69, 9.17) is 4.74 Å². The molecule has 88 valence electrons. The van der Waals surface area contributed by atoms with E-state index in [2.05, 4.69) is 5.32 Å². The summed E-state index contributed by atoms with van der Waals surface area (Å²) in [7, 11) is 1.28. The summed E-state index contributed by atoms with van der Waals surface area (Å²) in [6, 6.07) is 3.86. The molecule has 0 atom stereocenters. The molecule has 0 aromatic heterocycles. The summed E-state index contributed by atoms with van der Waals surface area (Å²) in [4.78, 5) is 9.94. The number of ether oxygens (including phenoxy) is 1. The van der Waals surface area contributed by atoms with Gasteiger partial charge in [-0.1, -0.05) is 0 Å². The molecule has 0 bridgehead atoms. The third kappa shape index (κ3) is 3.04. The minimum absolute atomic E-state index is 0.0317. The first-order valence-electron chi connectivity index (χ1n) is 4.39. The Balaban J connectivity index is 2.86. The smallest absolute Gasteiger partial charge is 0.311 e. The van der Waals surface area contributed by atoms with Crippen LogP contribution in [0.25, 0.3) is 0 Å². The van der Waals surface area contributed by atoms with Crippen molar-refractivity contribution < 1.29 is 18.4 Å². The summed E-state index contributed by atoms with van der Waals surface area (Å²) in [5, 5.41) is 13.0. The van der Waals surface area contributed by atoms with E-state index in [9.17, 15) is 18.9 Å². The number of hydrogen-bond donors (Lipinski definition) is 1. The maximum atomic E-state index is 11.9. The number of benzene rings is 1. The highest BCUT2D eigenvalue weighted by Gasteiger charge is 2.14. The van der Waals surface area contributed by atoms with Crippen molar-refractivity contribution in [1.29, 1.82) is 0 Å². The van der Waals surface area contributed by atoms with Gasteiger partial charge < -0.3 is 10.1 Å². The van der Waals surface area contributed by atoms with Gasteiger partial charge in [0, 0.05) is 17.8 Å². The van der Waals surface area contributed by atoms with Crippen molar-refractivity contribution in [3.8, 4) is 5.75 Å². The minimum Gasteiger partial charge on any atom is -0.490 e. The van der Waals surface area contributed by atoms with Crippen molar-refractivity contribution in [2.75, 3.05) is 19.0 Å². The monoisotopic (exact) mass is 232 g/mol. The van der Waals surface area contributed by atoms with Crippen LogP contribution in [0.1, 0.15) is 0 Å². The van der Waals surface area contributed by atoms with Crippen LogP contribution >= 0.6 is 0 Å². The molecule has 0 saturated carbocycles. The van der Waals surface area contributed by atoms with Gasteiger partial charge in [0.2, 0.25) is 0 Å². The lowest BCUT2D eigenvalue weighted by Crippen LogP contribution is -2.10.